The van der Waals surface area contributed by atoms with Crippen molar-refractivity contribution < 1.29 is 17.6 Å². The number of amides is 1. The van der Waals surface area contributed by atoms with Gasteiger partial charge in [0.2, 0.25) is 0 Å². The van der Waals surface area contributed by atoms with Crippen LogP contribution in [0, 0.1) is 5.82 Å². The minimum Gasteiger partial charge on any atom is -0.348 e. The van der Waals surface area contributed by atoms with Gasteiger partial charge in [0.05, 0.1) is 34.1 Å². The number of hydrogen-bond donors (Lipinski definition) is 1. The molecular formula is C21H16ClFN4O3S. The van der Waals surface area contributed by atoms with E-state index in [0.29, 0.717) is 27.7 Å². The van der Waals surface area contributed by atoms with E-state index >= 15 is 0 Å². The molecule has 0 aliphatic carbocycles. The lowest BCUT2D eigenvalue weighted by molar-refractivity contribution is 0.0952. The largest absolute Gasteiger partial charge is 0.348 e. The minimum atomic E-state index is -3.37. The zero-order chi connectivity index (χ0) is 22.2. The molecule has 31 heavy (non-hydrogen) atoms. The van der Waals surface area contributed by atoms with E-state index in [9.17, 15) is 17.6 Å². The van der Waals surface area contributed by atoms with E-state index in [4.69, 9.17) is 11.6 Å². The molecule has 1 amide bonds. The number of carbonyl (C=O) groups is 1. The molecule has 0 saturated heterocycles. The standard InChI is InChI=1S/C21H16ClFN4O3S/c1-31(29,30)16-7-2-13(19(22)8-16)9-25-21(28)18-10-24-12-20-17(18)11-26-27(20)15-5-3-14(23)4-6-15/h2-8,10-12H,9H2,1H3,(H,25,28). The van der Waals surface area contributed by atoms with Crippen molar-refractivity contribution >= 4 is 38.2 Å². The fourth-order valence-electron chi connectivity index (χ4n) is 3.08. The lowest BCUT2D eigenvalue weighted by Crippen LogP contribution is -2.23. The van der Waals surface area contributed by atoms with Crippen LogP contribution >= 0.6 is 11.6 Å². The zero-order valence-corrected chi connectivity index (χ0v) is 17.8. The summed E-state index contributed by atoms with van der Waals surface area (Å²) in [5, 5.41) is 7.88. The molecule has 0 bridgehead atoms. The van der Waals surface area contributed by atoms with Gasteiger partial charge in [-0.2, -0.15) is 5.10 Å². The Bertz CT molecular complexity index is 1400. The van der Waals surface area contributed by atoms with E-state index < -0.39 is 9.84 Å². The molecule has 0 spiro atoms. The van der Waals surface area contributed by atoms with Crippen LogP contribution in [0.1, 0.15) is 15.9 Å². The van der Waals surface area contributed by atoms with E-state index in [-0.39, 0.29) is 28.2 Å². The number of aromatic nitrogens is 3. The van der Waals surface area contributed by atoms with Crippen molar-refractivity contribution in [1.82, 2.24) is 20.1 Å². The Balaban J connectivity index is 1.58. The van der Waals surface area contributed by atoms with Crippen molar-refractivity contribution in [3.63, 3.8) is 0 Å². The quantitative estimate of drug-likeness (QED) is 0.493. The summed E-state index contributed by atoms with van der Waals surface area (Å²) in [7, 11) is -3.37. The predicted octanol–water partition coefficient (Wildman–Crippen LogP) is 3.55. The number of nitrogens with zero attached hydrogens (tertiary/aromatic N) is 3. The molecule has 4 rings (SSSR count). The number of nitrogens with one attached hydrogen (secondary N) is 1. The highest BCUT2D eigenvalue weighted by atomic mass is 35.5. The van der Waals surface area contributed by atoms with E-state index in [0.717, 1.165) is 6.26 Å². The zero-order valence-electron chi connectivity index (χ0n) is 16.2. The number of hydrogen-bond acceptors (Lipinski definition) is 5. The Morgan fingerprint density at radius 1 is 1.13 bits per heavy atom. The van der Waals surface area contributed by atoms with E-state index in [1.165, 1.54) is 30.5 Å². The molecule has 0 atom stereocenters. The SMILES string of the molecule is CS(=O)(=O)c1ccc(CNC(=O)c2cncc3c2cnn3-c2ccc(F)cc2)c(Cl)c1. The third-order valence-corrected chi connectivity index (χ3v) is 6.17. The summed E-state index contributed by atoms with van der Waals surface area (Å²) in [6.07, 6.45) is 5.65. The van der Waals surface area contributed by atoms with Gasteiger partial charge in [-0.05, 0) is 42.0 Å². The fourth-order valence-corrected chi connectivity index (χ4v) is 4.04. The first kappa shape index (κ1) is 21.0. The average molecular weight is 459 g/mol. The molecule has 1 N–H and O–H groups in total. The van der Waals surface area contributed by atoms with Crippen LogP contribution in [-0.2, 0) is 16.4 Å². The van der Waals surface area contributed by atoms with Gasteiger partial charge in [0, 0.05) is 29.4 Å². The Kier molecular flexibility index (Phi) is 5.47. The number of carbonyl (C=O) groups excluding carboxylic acids is 1. The lowest BCUT2D eigenvalue weighted by Gasteiger charge is -2.09. The maximum absolute atomic E-state index is 13.2. The summed E-state index contributed by atoms with van der Waals surface area (Å²) in [6, 6.07) is 10.2. The van der Waals surface area contributed by atoms with Gasteiger partial charge >= 0.3 is 0 Å². The number of fused-ring (bicyclic) bond motifs is 1. The summed E-state index contributed by atoms with van der Waals surface area (Å²) >= 11 is 6.17. The fraction of sp³-hybridized carbons (Fsp3) is 0.0952. The second kappa shape index (κ2) is 8.09. The molecular weight excluding hydrogens is 443 g/mol. The maximum atomic E-state index is 13.2. The number of benzene rings is 2. The normalized spacial score (nSPS) is 11.6. The monoisotopic (exact) mass is 458 g/mol. The molecule has 0 unspecified atom stereocenters. The van der Waals surface area contributed by atoms with Crippen molar-refractivity contribution in [1.29, 1.82) is 0 Å². The van der Waals surface area contributed by atoms with Crippen LogP contribution < -0.4 is 5.32 Å². The summed E-state index contributed by atoms with van der Waals surface area (Å²) in [4.78, 5) is 17.0. The number of pyridine rings is 1. The number of halogens is 2. The summed E-state index contributed by atoms with van der Waals surface area (Å²) in [5.41, 5.74) is 2.11. The van der Waals surface area contributed by atoms with Crippen molar-refractivity contribution in [2.45, 2.75) is 11.4 Å². The first-order chi connectivity index (χ1) is 14.7. The van der Waals surface area contributed by atoms with Crippen LogP contribution in [0.3, 0.4) is 0 Å². The van der Waals surface area contributed by atoms with Gasteiger partial charge in [-0.3, -0.25) is 9.78 Å². The Hall–Kier alpha value is -3.30. The van der Waals surface area contributed by atoms with Crippen LogP contribution in [0.15, 0.2) is 66.0 Å². The molecule has 0 saturated carbocycles. The van der Waals surface area contributed by atoms with E-state index in [1.807, 2.05) is 0 Å². The molecule has 158 valence electrons. The molecule has 10 heteroatoms. The minimum absolute atomic E-state index is 0.101. The van der Waals surface area contributed by atoms with Crippen LogP contribution in [0.5, 0.6) is 0 Å². The van der Waals surface area contributed by atoms with Gasteiger partial charge in [0.25, 0.3) is 5.91 Å². The topological polar surface area (TPSA) is 93.9 Å². The van der Waals surface area contributed by atoms with E-state index in [2.05, 4.69) is 15.4 Å². The number of rotatable bonds is 5. The lowest BCUT2D eigenvalue weighted by atomic mass is 10.1. The van der Waals surface area contributed by atoms with Crippen molar-refractivity contribution in [3.05, 3.63) is 83.0 Å². The molecule has 2 heterocycles. The highest BCUT2D eigenvalue weighted by molar-refractivity contribution is 7.90. The first-order valence-electron chi connectivity index (χ1n) is 9.08. The van der Waals surface area contributed by atoms with Gasteiger partial charge in [-0.15, -0.1) is 0 Å². The molecule has 0 fully saturated rings. The van der Waals surface area contributed by atoms with Gasteiger partial charge in [-0.1, -0.05) is 17.7 Å². The average Bonchev–Trinajstić information content (AvgIpc) is 3.16. The van der Waals surface area contributed by atoms with E-state index in [1.54, 1.807) is 35.3 Å². The molecule has 0 radical (unpaired) electrons. The molecule has 7 nitrogen and oxygen atoms in total. The maximum Gasteiger partial charge on any atom is 0.253 e. The smallest absolute Gasteiger partial charge is 0.253 e. The van der Waals surface area contributed by atoms with Crippen molar-refractivity contribution in [2.24, 2.45) is 0 Å². The van der Waals surface area contributed by atoms with Gasteiger partial charge in [0.15, 0.2) is 9.84 Å². The first-order valence-corrected chi connectivity index (χ1v) is 11.4. The van der Waals surface area contributed by atoms with Gasteiger partial charge in [-0.25, -0.2) is 17.5 Å². The highest BCUT2D eigenvalue weighted by Gasteiger charge is 2.16. The summed E-state index contributed by atoms with van der Waals surface area (Å²) < 4.78 is 38.0. The van der Waals surface area contributed by atoms with Crippen molar-refractivity contribution in [2.75, 3.05) is 6.26 Å². The van der Waals surface area contributed by atoms with Crippen molar-refractivity contribution in [3.8, 4) is 5.69 Å². The van der Waals surface area contributed by atoms with Crippen LogP contribution in [0.25, 0.3) is 16.6 Å². The third kappa shape index (κ3) is 4.28. The Morgan fingerprint density at radius 2 is 1.87 bits per heavy atom. The summed E-state index contributed by atoms with van der Waals surface area (Å²) in [6.45, 7) is 0.101. The molecule has 0 aliphatic rings. The number of sulfone groups is 1. The van der Waals surface area contributed by atoms with Crippen LogP contribution in [-0.4, -0.2) is 35.3 Å². The molecule has 2 aromatic heterocycles. The third-order valence-electron chi connectivity index (χ3n) is 4.70. The molecule has 2 aromatic carbocycles. The summed E-state index contributed by atoms with van der Waals surface area (Å²) in [5.74, 6) is -0.748. The molecule has 0 aliphatic heterocycles. The Morgan fingerprint density at radius 3 is 2.55 bits per heavy atom. The second-order valence-corrected chi connectivity index (χ2v) is 9.28. The highest BCUT2D eigenvalue weighted by Crippen LogP contribution is 2.23. The van der Waals surface area contributed by atoms with Gasteiger partial charge in [0.1, 0.15) is 5.82 Å². The van der Waals surface area contributed by atoms with Gasteiger partial charge < -0.3 is 5.32 Å². The predicted molar refractivity (Wildman–Crippen MR) is 115 cm³/mol. The molecule has 4 aromatic rings. The van der Waals surface area contributed by atoms with Crippen LogP contribution in [0.2, 0.25) is 5.02 Å². The van der Waals surface area contributed by atoms with Crippen LogP contribution in [0.4, 0.5) is 4.39 Å². The second-order valence-electron chi connectivity index (χ2n) is 6.86. The Labute approximate surface area is 182 Å².